The van der Waals surface area contributed by atoms with E-state index in [1.165, 1.54) is 0 Å². The molecule has 7 heteroatoms. The van der Waals surface area contributed by atoms with E-state index in [1.54, 1.807) is 30.3 Å². The van der Waals surface area contributed by atoms with Crippen LogP contribution in [0.1, 0.15) is 24.0 Å². The SMILES string of the molecule is Cc1cc(Cl)ccc1OCC(=O)NCc1ccc(OCCCC(=O)O)cc1. The third kappa shape index (κ3) is 7.58. The average Bonchev–Trinajstić information content (AvgIpc) is 2.63. The fraction of sp³-hybridized carbons (Fsp3) is 0.300. The van der Waals surface area contributed by atoms with Crippen molar-refractivity contribution in [3.63, 3.8) is 0 Å². The van der Waals surface area contributed by atoms with Gasteiger partial charge >= 0.3 is 5.97 Å². The minimum atomic E-state index is -0.833. The Bertz CT molecular complexity index is 776. The molecule has 0 heterocycles. The molecule has 0 saturated carbocycles. The number of carbonyl (C=O) groups is 2. The maximum atomic E-state index is 11.9. The van der Waals surface area contributed by atoms with Crippen LogP contribution in [0.25, 0.3) is 0 Å². The van der Waals surface area contributed by atoms with E-state index >= 15 is 0 Å². The van der Waals surface area contributed by atoms with E-state index in [0.29, 0.717) is 36.1 Å². The average molecular weight is 392 g/mol. The summed E-state index contributed by atoms with van der Waals surface area (Å²) < 4.78 is 11.0. The van der Waals surface area contributed by atoms with Gasteiger partial charge in [-0.05, 0) is 54.8 Å². The first-order valence-electron chi connectivity index (χ1n) is 8.53. The van der Waals surface area contributed by atoms with Crippen LogP contribution in [0.4, 0.5) is 0 Å². The number of aryl methyl sites for hydroxylation is 1. The van der Waals surface area contributed by atoms with Crippen LogP contribution in [0.3, 0.4) is 0 Å². The predicted molar refractivity (Wildman–Crippen MR) is 102 cm³/mol. The van der Waals surface area contributed by atoms with E-state index in [2.05, 4.69) is 5.32 Å². The van der Waals surface area contributed by atoms with E-state index < -0.39 is 5.97 Å². The van der Waals surface area contributed by atoms with Crippen LogP contribution in [0.15, 0.2) is 42.5 Å². The van der Waals surface area contributed by atoms with Crippen molar-refractivity contribution in [2.24, 2.45) is 0 Å². The highest BCUT2D eigenvalue weighted by Crippen LogP contribution is 2.21. The lowest BCUT2D eigenvalue weighted by molar-refractivity contribution is -0.137. The molecule has 2 aromatic carbocycles. The molecule has 0 unspecified atom stereocenters. The second kappa shape index (κ2) is 10.4. The summed E-state index contributed by atoms with van der Waals surface area (Å²) in [6.07, 6.45) is 0.544. The molecule has 0 saturated heterocycles. The predicted octanol–water partition coefficient (Wildman–Crippen LogP) is 3.59. The lowest BCUT2D eigenvalue weighted by Gasteiger charge is -2.10. The highest BCUT2D eigenvalue weighted by molar-refractivity contribution is 6.30. The molecule has 2 N–H and O–H groups in total. The monoisotopic (exact) mass is 391 g/mol. The molecule has 1 amide bonds. The third-order valence-corrected chi connectivity index (χ3v) is 3.95. The van der Waals surface area contributed by atoms with E-state index in [1.807, 2.05) is 19.1 Å². The zero-order valence-electron chi connectivity index (χ0n) is 15.0. The minimum absolute atomic E-state index is 0.0761. The quantitative estimate of drug-likeness (QED) is 0.604. The molecule has 0 bridgehead atoms. The molecule has 27 heavy (non-hydrogen) atoms. The number of hydrogen-bond acceptors (Lipinski definition) is 4. The van der Waals surface area contributed by atoms with Crippen molar-refractivity contribution in [2.45, 2.75) is 26.3 Å². The van der Waals surface area contributed by atoms with Crippen LogP contribution in [0.2, 0.25) is 5.02 Å². The molecule has 2 aromatic rings. The number of ether oxygens (including phenoxy) is 2. The maximum absolute atomic E-state index is 11.9. The summed E-state index contributed by atoms with van der Waals surface area (Å²) in [6, 6.07) is 12.5. The van der Waals surface area contributed by atoms with E-state index in [4.69, 9.17) is 26.2 Å². The Balaban J connectivity index is 1.70. The number of hydrogen-bond donors (Lipinski definition) is 2. The van der Waals surface area contributed by atoms with Gasteiger partial charge in [-0.2, -0.15) is 0 Å². The van der Waals surface area contributed by atoms with Gasteiger partial charge in [0.05, 0.1) is 6.61 Å². The van der Waals surface area contributed by atoms with Gasteiger partial charge in [-0.1, -0.05) is 23.7 Å². The summed E-state index contributed by atoms with van der Waals surface area (Å²) in [5, 5.41) is 12.0. The third-order valence-electron chi connectivity index (χ3n) is 3.71. The largest absolute Gasteiger partial charge is 0.494 e. The first-order chi connectivity index (χ1) is 12.9. The molecule has 0 spiro atoms. The maximum Gasteiger partial charge on any atom is 0.303 e. The van der Waals surface area contributed by atoms with Crippen molar-refractivity contribution in [3.8, 4) is 11.5 Å². The first kappa shape index (κ1) is 20.6. The fourth-order valence-electron chi connectivity index (χ4n) is 2.29. The van der Waals surface area contributed by atoms with Gasteiger partial charge in [0.15, 0.2) is 6.61 Å². The van der Waals surface area contributed by atoms with Crippen molar-refractivity contribution < 1.29 is 24.2 Å². The second-order valence-corrected chi connectivity index (χ2v) is 6.40. The van der Waals surface area contributed by atoms with Crippen molar-refractivity contribution >= 4 is 23.5 Å². The van der Waals surface area contributed by atoms with Crippen LogP contribution in [-0.4, -0.2) is 30.2 Å². The lowest BCUT2D eigenvalue weighted by atomic mass is 10.2. The van der Waals surface area contributed by atoms with Crippen molar-refractivity contribution in [1.82, 2.24) is 5.32 Å². The molecule has 0 aliphatic carbocycles. The zero-order valence-corrected chi connectivity index (χ0v) is 15.8. The molecule has 0 aromatic heterocycles. The lowest BCUT2D eigenvalue weighted by Crippen LogP contribution is -2.28. The number of carboxylic acid groups (broad SMARTS) is 1. The number of amides is 1. The smallest absolute Gasteiger partial charge is 0.303 e. The van der Waals surface area contributed by atoms with E-state index in [0.717, 1.165) is 11.1 Å². The Hall–Kier alpha value is -2.73. The van der Waals surface area contributed by atoms with Gasteiger partial charge in [-0.25, -0.2) is 0 Å². The van der Waals surface area contributed by atoms with Crippen molar-refractivity contribution in [3.05, 3.63) is 58.6 Å². The van der Waals surface area contributed by atoms with Gasteiger partial charge in [0.2, 0.25) is 0 Å². The van der Waals surface area contributed by atoms with Gasteiger partial charge in [0.1, 0.15) is 11.5 Å². The number of rotatable bonds is 10. The van der Waals surface area contributed by atoms with Gasteiger partial charge in [-0.15, -0.1) is 0 Å². The second-order valence-electron chi connectivity index (χ2n) is 5.96. The standard InChI is InChI=1S/C20H22ClNO5/c1-14-11-16(21)6-9-18(14)27-13-19(23)22-12-15-4-7-17(8-5-15)26-10-2-3-20(24)25/h4-9,11H,2-3,10,12-13H2,1H3,(H,22,23)(H,24,25). The number of halogens is 1. The molecule has 0 aliphatic rings. The van der Waals surface area contributed by atoms with Crippen LogP contribution in [0.5, 0.6) is 11.5 Å². The number of nitrogens with one attached hydrogen (secondary N) is 1. The van der Waals surface area contributed by atoms with Crippen molar-refractivity contribution in [2.75, 3.05) is 13.2 Å². The summed E-state index contributed by atoms with van der Waals surface area (Å²) in [5.74, 6) is 0.231. The topological polar surface area (TPSA) is 84.9 Å². The highest BCUT2D eigenvalue weighted by Gasteiger charge is 2.06. The normalized spacial score (nSPS) is 10.3. The zero-order chi connectivity index (χ0) is 19.6. The Morgan fingerprint density at radius 1 is 1.11 bits per heavy atom. The van der Waals surface area contributed by atoms with E-state index in [9.17, 15) is 9.59 Å². The fourth-order valence-corrected chi connectivity index (χ4v) is 2.51. The first-order valence-corrected chi connectivity index (χ1v) is 8.91. The Kier molecular flexibility index (Phi) is 7.95. The molecule has 0 fully saturated rings. The Morgan fingerprint density at radius 3 is 2.52 bits per heavy atom. The summed E-state index contributed by atoms with van der Waals surface area (Å²) in [7, 11) is 0. The molecule has 0 atom stereocenters. The van der Waals surface area contributed by atoms with Crippen LogP contribution >= 0.6 is 11.6 Å². The summed E-state index contributed by atoms with van der Waals surface area (Å²) in [4.78, 5) is 22.4. The summed E-state index contributed by atoms with van der Waals surface area (Å²) in [5.41, 5.74) is 1.79. The summed E-state index contributed by atoms with van der Waals surface area (Å²) >= 11 is 5.89. The molecule has 0 radical (unpaired) electrons. The molecule has 6 nitrogen and oxygen atoms in total. The number of carbonyl (C=O) groups excluding carboxylic acids is 1. The number of carboxylic acids is 1. The molecular weight excluding hydrogens is 370 g/mol. The van der Waals surface area contributed by atoms with Crippen LogP contribution < -0.4 is 14.8 Å². The Morgan fingerprint density at radius 2 is 1.85 bits per heavy atom. The van der Waals surface area contributed by atoms with Gasteiger partial charge in [0, 0.05) is 18.0 Å². The molecule has 0 aliphatic heterocycles. The number of benzene rings is 2. The molecular formula is C20H22ClNO5. The molecule has 2 rings (SSSR count). The van der Waals surface area contributed by atoms with Crippen LogP contribution in [-0.2, 0) is 16.1 Å². The Labute approximate surface area is 163 Å². The van der Waals surface area contributed by atoms with Gasteiger partial charge < -0.3 is 19.9 Å². The van der Waals surface area contributed by atoms with E-state index in [-0.39, 0.29) is 18.9 Å². The minimum Gasteiger partial charge on any atom is -0.494 e. The highest BCUT2D eigenvalue weighted by atomic mass is 35.5. The molecule has 144 valence electrons. The summed E-state index contributed by atoms with van der Waals surface area (Å²) in [6.45, 7) is 2.52. The van der Waals surface area contributed by atoms with Gasteiger partial charge in [-0.3, -0.25) is 9.59 Å². The number of aliphatic carboxylic acids is 1. The van der Waals surface area contributed by atoms with Gasteiger partial charge in [0.25, 0.3) is 5.91 Å². The van der Waals surface area contributed by atoms with Crippen LogP contribution in [0, 0.1) is 6.92 Å². The van der Waals surface area contributed by atoms with Crippen molar-refractivity contribution in [1.29, 1.82) is 0 Å².